The van der Waals surface area contributed by atoms with Crippen LogP contribution >= 0.6 is 11.6 Å². The number of benzene rings is 1. The summed E-state index contributed by atoms with van der Waals surface area (Å²) < 4.78 is 6.88. The summed E-state index contributed by atoms with van der Waals surface area (Å²) in [4.78, 5) is 11.9. The van der Waals surface area contributed by atoms with E-state index >= 15 is 0 Å². The average Bonchev–Trinajstić information content (AvgIpc) is 2.85. The van der Waals surface area contributed by atoms with Crippen LogP contribution in [0.15, 0.2) is 36.7 Å². The Morgan fingerprint density at radius 2 is 2.28 bits per heavy atom. The van der Waals surface area contributed by atoms with Crippen LogP contribution < -0.4 is 4.74 Å². The Labute approximate surface area is 110 Å². The van der Waals surface area contributed by atoms with Crippen molar-refractivity contribution in [2.24, 2.45) is 0 Å². The number of hydrogen-bond acceptors (Lipinski definition) is 3. The number of aromatic nitrogens is 2. The van der Waals surface area contributed by atoms with Gasteiger partial charge in [0, 0.05) is 17.4 Å². The van der Waals surface area contributed by atoms with Crippen LogP contribution in [0.4, 0.5) is 0 Å². The van der Waals surface area contributed by atoms with Crippen molar-refractivity contribution >= 4 is 17.5 Å². The molecule has 0 radical (unpaired) electrons. The van der Waals surface area contributed by atoms with E-state index in [2.05, 4.69) is 5.10 Å². The van der Waals surface area contributed by atoms with Crippen LogP contribution in [0.1, 0.15) is 17.3 Å². The second kappa shape index (κ2) is 5.23. The lowest BCUT2D eigenvalue weighted by Gasteiger charge is -2.15. The minimum Gasteiger partial charge on any atom is -0.481 e. The van der Waals surface area contributed by atoms with E-state index in [1.54, 1.807) is 43.6 Å². The quantitative estimate of drug-likeness (QED) is 0.856. The predicted octanol–water partition coefficient (Wildman–Crippen LogP) is 2.95. The van der Waals surface area contributed by atoms with Gasteiger partial charge >= 0.3 is 0 Å². The first-order valence-electron chi connectivity index (χ1n) is 5.54. The standard InChI is InChI=1S/C13H13ClN2O2/c1-9-8-11(14)4-5-12(9)18-10(2)13(17)16-7-3-6-15-16/h3-8,10H,1-2H3/t10-/m1/s1. The Balaban J connectivity index is 2.11. The van der Waals surface area contributed by atoms with Gasteiger partial charge in [0.1, 0.15) is 5.75 Å². The molecule has 0 aliphatic heterocycles. The van der Waals surface area contributed by atoms with Gasteiger partial charge in [-0.25, -0.2) is 4.68 Å². The van der Waals surface area contributed by atoms with Crippen molar-refractivity contribution in [2.75, 3.05) is 0 Å². The van der Waals surface area contributed by atoms with Gasteiger partial charge in [0.15, 0.2) is 6.10 Å². The topological polar surface area (TPSA) is 44.1 Å². The lowest BCUT2D eigenvalue weighted by Crippen LogP contribution is -2.29. The number of nitrogens with zero attached hydrogens (tertiary/aromatic N) is 2. The summed E-state index contributed by atoms with van der Waals surface area (Å²) in [6.45, 7) is 3.57. The third kappa shape index (κ3) is 2.71. The zero-order valence-electron chi connectivity index (χ0n) is 10.1. The maximum atomic E-state index is 11.9. The lowest BCUT2D eigenvalue weighted by molar-refractivity contribution is 0.0709. The minimum absolute atomic E-state index is 0.214. The summed E-state index contributed by atoms with van der Waals surface area (Å²) in [6.07, 6.45) is 2.54. The molecule has 0 saturated heterocycles. The highest BCUT2D eigenvalue weighted by atomic mass is 35.5. The Bertz CT molecular complexity index is 552. The summed E-state index contributed by atoms with van der Waals surface area (Å²) in [5.41, 5.74) is 0.891. The van der Waals surface area contributed by atoms with Crippen LogP contribution in [0.25, 0.3) is 0 Å². The lowest BCUT2D eigenvalue weighted by atomic mass is 10.2. The fourth-order valence-electron chi connectivity index (χ4n) is 1.57. The molecule has 2 aromatic rings. The molecule has 2 rings (SSSR count). The van der Waals surface area contributed by atoms with Crippen molar-refractivity contribution in [3.8, 4) is 5.75 Å². The van der Waals surface area contributed by atoms with Gasteiger partial charge in [-0.1, -0.05) is 11.6 Å². The molecular formula is C13H13ClN2O2. The van der Waals surface area contributed by atoms with Crippen molar-refractivity contribution in [3.63, 3.8) is 0 Å². The molecule has 1 atom stereocenters. The molecule has 0 aliphatic rings. The zero-order valence-corrected chi connectivity index (χ0v) is 10.9. The van der Waals surface area contributed by atoms with E-state index in [1.165, 1.54) is 4.68 Å². The highest BCUT2D eigenvalue weighted by molar-refractivity contribution is 6.30. The van der Waals surface area contributed by atoms with Crippen molar-refractivity contribution < 1.29 is 9.53 Å². The van der Waals surface area contributed by atoms with Gasteiger partial charge in [0.05, 0.1) is 0 Å². The summed E-state index contributed by atoms with van der Waals surface area (Å²) in [5.74, 6) is 0.432. The monoisotopic (exact) mass is 264 g/mol. The van der Waals surface area contributed by atoms with Crippen molar-refractivity contribution in [1.82, 2.24) is 9.78 Å². The molecule has 0 unspecified atom stereocenters. The molecule has 5 heteroatoms. The molecular weight excluding hydrogens is 252 g/mol. The molecule has 94 valence electrons. The second-order valence-electron chi connectivity index (χ2n) is 3.96. The number of rotatable bonds is 3. The first-order valence-corrected chi connectivity index (χ1v) is 5.92. The highest BCUT2D eigenvalue weighted by Crippen LogP contribution is 2.22. The summed E-state index contributed by atoms with van der Waals surface area (Å²) in [6, 6.07) is 6.97. The normalized spacial score (nSPS) is 12.2. The van der Waals surface area contributed by atoms with Crippen molar-refractivity contribution in [2.45, 2.75) is 20.0 Å². The second-order valence-corrected chi connectivity index (χ2v) is 4.40. The number of halogens is 1. The largest absolute Gasteiger partial charge is 0.481 e. The molecule has 0 N–H and O–H groups in total. The third-order valence-corrected chi connectivity index (χ3v) is 2.75. The molecule has 0 saturated carbocycles. The van der Waals surface area contributed by atoms with E-state index in [-0.39, 0.29) is 5.91 Å². The maximum absolute atomic E-state index is 11.9. The van der Waals surface area contributed by atoms with Crippen LogP contribution in [0, 0.1) is 6.92 Å². The molecule has 0 amide bonds. The summed E-state index contributed by atoms with van der Waals surface area (Å²) in [5, 5.41) is 4.53. The number of ether oxygens (including phenoxy) is 1. The van der Waals surface area contributed by atoms with Crippen LogP contribution in [-0.4, -0.2) is 21.8 Å². The van der Waals surface area contributed by atoms with Gasteiger partial charge in [-0.2, -0.15) is 5.10 Å². The van der Waals surface area contributed by atoms with Crippen molar-refractivity contribution in [1.29, 1.82) is 0 Å². The van der Waals surface area contributed by atoms with Gasteiger partial charge in [0.2, 0.25) is 0 Å². The summed E-state index contributed by atoms with van der Waals surface area (Å²) >= 11 is 5.86. The molecule has 0 spiro atoms. The Morgan fingerprint density at radius 1 is 1.50 bits per heavy atom. The minimum atomic E-state index is -0.607. The van der Waals surface area contributed by atoms with Gasteiger partial charge < -0.3 is 4.74 Å². The zero-order chi connectivity index (χ0) is 13.1. The fraction of sp³-hybridized carbons (Fsp3) is 0.231. The third-order valence-electron chi connectivity index (χ3n) is 2.52. The molecule has 4 nitrogen and oxygen atoms in total. The molecule has 1 aromatic heterocycles. The van der Waals surface area contributed by atoms with Crippen LogP contribution in [0.5, 0.6) is 5.75 Å². The maximum Gasteiger partial charge on any atom is 0.287 e. The van der Waals surface area contributed by atoms with Crippen LogP contribution in [0.2, 0.25) is 5.02 Å². The first kappa shape index (κ1) is 12.6. The molecule has 1 aromatic carbocycles. The predicted molar refractivity (Wildman–Crippen MR) is 69.1 cm³/mol. The average molecular weight is 265 g/mol. The van der Waals surface area contributed by atoms with Crippen LogP contribution in [0.3, 0.4) is 0 Å². The van der Waals surface area contributed by atoms with E-state index in [4.69, 9.17) is 16.3 Å². The Morgan fingerprint density at radius 3 is 2.89 bits per heavy atom. The van der Waals surface area contributed by atoms with Gasteiger partial charge in [0.25, 0.3) is 5.91 Å². The molecule has 0 fully saturated rings. The van der Waals surface area contributed by atoms with Crippen molar-refractivity contribution in [3.05, 3.63) is 47.2 Å². The Hall–Kier alpha value is -1.81. The van der Waals surface area contributed by atoms with Gasteiger partial charge in [-0.3, -0.25) is 4.79 Å². The SMILES string of the molecule is Cc1cc(Cl)ccc1O[C@H](C)C(=O)n1cccn1. The van der Waals surface area contributed by atoms with Crippen LogP contribution in [-0.2, 0) is 0 Å². The molecule has 1 heterocycles. The van der Waals surface area contributed by atoms with Gasteiger partial charge in [-0.15, -0.1) is 0 Å². The Kier molecular flexibility index (Phi) is 3.67. The highest BCUT2D eigenvalue weighted by Gasteiger charge is 2.17. The van der Waals surface area contributed by atoms with E-state index in [9.17, 15) is 4.79 Å². The summed E-state index contributed by atoms with van der Waals surface area (Å²) in [7, 11) is 0. The molecule has 18 heavy (non-hydrogen) atoms. The number of hydrogen-bond donors (Lipinski definition) is 0. The molecule has 0 bridgehead atoms. The first-order chi connectivity index (χ1) is 8.58. The smallest absolute Gasteiger partial charge is 0.287 e. The van der Waals surface area contributed by atoms with E-state index in [0.29, 0.717) is 10.8 Å². The number of carbonyl (C=O) groups excluding carboxylic acids is 1. The molecule has 0 aliphatic carbocycles. The van der Waals surface area contributed by atoms with E-state index in [0.717, 1.165) is 5.56 Å². The number of aryl methyl sites for hydroxylation is 1. The van der Waals surface area contributed by atoms with E-state index in [1.807, 2.05) is 6.92 Å². The van der Waals surface area contributed by atoms with E-state index < -0.39 is 6.10 Å². The van der Waals surface area contributed by atoms with Gasteiger partial charge in [-0.05, 0) is 43.7 Å². The fourth-order valence-corrected chi connectivity index (χ4v) is 1.80. The number of carbonyl (C=O) groups is 1.